The Kier molecular flexibility index (Phi) is 25.5. The molecular formula is C123H122F7IN12O4. The van der Waals surface area contributed by atoms with Crippen molar-refractivity contribution in [2.24, 2.45) is 92.7 Å². The molecule has 20 aliphatic carbocycles. The van der Waals surface area contributed by atoms with Crippen LogP contribution < -0.4 is 21.3 Å². The van der Waals surface area contributed by atoms with Gasteiger partial charge in [-0.3, -0.25) is 19.2 Å². The number of nitrogens with one attached hydrogen (secondary N) is 4. The number of amides is 4. The van der Waals surface area contributed by atoms with Crippen LogP contribution in [0, 0.1) is 137 Å². The zero-order chi connectivity index (χ0) is 99.9. The first-order valence-corrected chi connectivity index (χ1v) is 55.2. The van der Waals surface area contributed by atoms with E-state index in [2.05, 4.69) is 129 Å². The molecule has 32 rings (SSSR count). The number of carbonyl (C=O) groups excluding carboxylic acids is 4. The molecule has 8 aromatic carbocycles. The summed E-state index contributed by atoms with van der Waals surface area (Å²) in [5.74, 6) is -1.53. The molecule has 0 aliphatic heterocycles. The molecule has 754 valence electrons. The molecule has 20 aliphatic rings. The van der Waals surface area contributed by atoms with Gasteiger partial charge in [0.1, 0.15) is 0 Å². The number of halogens is 8. The maximum absolute atomic E-state index is 14.3. The van der Waals surface area contributed by atoms with E-state index >= 15 is 0 Å². The summed E-state index contributed by atoms with van der Waals surface area (Å²) in [6.07, 6.45) is 40.9. The molecule has 16 bridgehead atoms. The highest BCUT2D eigenvalue weighted by atomic mass is 127. The number of fused-ring (bicyclic) bond motifs is 12. The Hall–Kier alpha value is -11.8. The van der Waals surface area contributed by atoms with E-state index in [1.165, 1.54) is 178 Å². The Morgan fingerprint density at radius 2 is 0.544 bits per heavy atom. The summed E-state index contributed by atoms with van der Waals surface area (Å²) in [7, 11) is 0. The molecular weight excluding hydrogens is 1970 g/mol. The van der Waals surface area contributed by atoms with Gasteiger partial charge in [-0.05, 0) is 416 Å². The molecule has 4 N–H and O–H groups in total. The lowest BCUT2D eigenvalue weighted by atomic mass is 9.48. The van der Waals surface area contributed by atoms with Crippen molar-refractivity contribution in [3.63, 3.8) is 0 Å². The molecule has 24 heteroatoms. The monoisotopic (exact) mass is 2090 g/mol. The number of hydrogen-bond acceptors (Lipinski definition) is 12. The highest BCUT2D eigenvalue weighted by molar-refractivity contribution is 14.1. The molecule has 16 nitrogen and oxygen atoms in total. The Balaban J connectivity index is 0.000000102. The van der Waals surface area contributed by atoms with Gasteiger partial charge in [-0.15, -0.1) is 0 Å². The summed E-state index contributed by atoms with van der Waals surface area (Å²) >= 11 is 2.30. The first kappa shape index (κ1) is 96.1. The van der Waals surface area contributed by atoms with Crippen LogP contribution in [-0.4, -0.2) is 63.5 Å². The molecule has 16 saturated carbocycles. The molecule has 16 fully saturated rings. The van der Waals surface area contributed by atoms with Crippen molar-refractivity contribution >= 4 is 69.5 Å². The summed E-state index contributed by atoms with van der Waals surface area (Å²) in [6.45, 7) is 0. The standard InChI is InChI=1S/C31H28F5N3O.C31H31F2N3O.C31H32IN3O.C30H31N3O/c32-24-20(25(33)27(35)28(36)26(24)34)10-23(40)39-30-22(14-31-11-15-7-16(12-31)9-17(8-15)13-31)37-29-19-4-2-1-3-18(19)5-6-21(29)38-30;32-24-7-5-18(12-25(24)33)13-28(37)36-30-27(17-31-14-19-9-20(15-31)11-21(10-19)16-31)34-29-23-4-2-1-3-22(23)6-8-26(29)35-30;32-24-8-5-19(6-9-24)14-28(36)35-30-27(18-31-15-20-11-21(16-31)13-22(12-20)17-31)33-29-25-4-2-1-3-23(25)7-10-26(29)34-30;34-29(23-7-2-1-3-8-23)33-28-26(18-30-15-19-12-20(16-30)14-21(13-19)17-30)31-27-24-9-5-4-6-22(24)10-11-25(27)32-28/h1-4,15-17H,5-14H2,(H,38,39,40);1-5,7,12,19-21H,6,8-11,13-17H2,(H,35,36,37);1-6,8-9,20-22H,7,10-18H2,(H,34,35,36);1-9,19-21H,10-18H2,(H,32,33,34). The fourth-order valence-corrected chi connectivity index (χ4v) is 33.1. The predicted molar refractivity (Wildman–Crippen MR) is 560 cm³/mol. The summed E-state index contributed by atoms with van der Waals surface area (Å²) in [4.78, 5) is 93.3. The third-order valence-electron chi connectivity index (χ3n) is 36.9. The molecule has 0 unspecified atom stereocenters. The molecule has 0 saturated heterocycles. The molecule has 4 heterocycles. The van der Waals surface area contributed by atoms with Crippen molar-refractivity contribution in [3.8, 4) is 45.0 Å². The number of aromatic nitrogens is 8. The number of hydrogen-bond donors (Lipinski definition) is 4. The average molecular weight is 2090 g/mol. The van der Waals surface area contributed by atoms with E-state index in [-0.39, 0.29) is 40.8 Å². The van der Waals surface area contributed by atoms with Gasteiger partial charge >= 0.3 is 0 Å². The highest BCUT2D eigenvalue weighted by Gasteiger charge is 2.56. The maximum Gasteiger partial charge on any atom is 0.256 e. The molecule has 0 spiro atoms. The Bertz CT molecular complexity index is 7090. The largest absolute Gasteiger partial charge is 0.309 e. The summed E-state index contributed by atoms with van der Waals surface area (Å²) in [6, 6.07) is 54.9. The number of rotatable bonds is 19. The second kappa shape index (κ2) is 39.0. The Labute approximate surface area is 867 Å². The molecule has 4 amide bonds. The fraction of sp³-hybridized carbons (Fsp3) is 0.447. The first-order valence-electron chi connectivity index (χ1n) is 54.2. The van der Waals surface area contributed by atoms with Crippen LogP contribution in [0.5, 0.6) is 0 Å². The third kappa shape index (κ3) is 19.5. The van der Waals surface area contributed by atoms with Crippen molar-refractivity contribution in [2.75, 3.05) is 21.3 Å². The van der Waals surface area contributed by atoms with Crippen LogP contribution in [0.3, 0.4) is 0 Å². The lowest BCUT2D eigenvalue weighted by Gasteiger charge is -2.57. The fourth-order valence-electron chi connectivity index (χ4n) is 32.7. The summed E-state index contributed by atoms with van der Waals surface area (Å²) in [5.41, 5.74) is 22.6. The van der Waals surface area contributed by atoms with Gasteiger partial charge in [-0.25, -0.2) is 70.6 Å². The van der Waals surface area contributed by atoms with E-state index in [9.17, 15) is 49.9 Å². The van der Waals surface area contributed by atoms with Crippen molar-refractivity contribution in [1.82, 2.24) is 39.9 Å². The van der Waals surface area contributed by atoms with Gasteiger partial charge in [-0.2, -0.15) is 0 Å². The SMILES string of the molecule is O=C(Cc1c(F)c(F)c(F)c(F)c1F)Nc1nc2c(nc1CC13CC4CC(CC(C4)C1)C3)-c1ccccc1CC2.O=C(Cc1ccc(F)c(F)c1)Nc1nc2c(nc1CC13CC4CC(CC(C4)C1)C3)-c1ccccc1CC2.O=C(Cc1ccc(I)cc1)Nc1nc2c(nc1CC13CC4CC(CC(C4)C1)C3)-c1ccccc1CC2.O=C(Nc1nc2c(nc1CC13CC4CC(CC(C4)C1)C3)-c1ccccc1CC2)c1ccccc1. The van der Waals surface area contributed by atoms with Crippen LogP contribution in [-0.2, 0) is 111 Å². The van der Waals surface area contributed by atoms with E-state index in [4.69, 9.17) is 39.9 Å². The summed E-state index contributed by atoms with van der Waals surface area (Å²) < 4.78 is 97.9. The van der Waals surface area contributed by atoms with Crippen LogP contribution in [0.1, 0.15) is 249 Å². The van der Waals surface area contributed by atoms with Crippen molar-refractivity contribution in [3.05, 3.63) is 304 Å². The highest BCUT2D eigenvalue weighted by Crippen LogP contribution is 2.66. The average Bonchev–Trinajstić information content (AvgIpc) is 0.744. The minimum atomic E-state index is -2.25. The van der Waals surface area contributed by atoms with Gasteiger partial charge in [0.05, 0.1) is 87.6 Å². The van der Waals surface area contributed by atoms with Crippen LogP contribution in [0.15, 0.2) is 170 Å². The molecule has 0 atom stereocenters. The quantitative estimate of drug-likeness (QED) is 0.0257. The van der Waals surface area contributed by atoms with E-state index < -0.39 is 58.6 Å². The Morgan fingerprint density at radius 3 is 0.850 bits per heavy atom. The normalized spacial score (nSPS) is 27.1. The lowest BCUT2D eigenvalue weighted by molar-refractivity contribution is -0.116. The van der Waals surface area contributed by atoms with Crippen molar-refractivity contribution in [1.29, 1.82) is 0 Å². The van der Waals surface area contributed by atoms with Gasteiger partial charge in [0.15, 0.2) is 58.2 Å². The lowest BCUT2D eigenvalue weighted by Crippen LogP contribution is -2.47. The van der Waals surface area contributed by atoms with Gasteiger partial charge in [0.25, 0.3) is 5.91 Å². The van der Waals surface area contributed by atoms with Gasteiger partial charge in [0, 0.05) is 37.0 Å². The van der Waals surface area contributed by atoms with E-state index in [1.807, 2.05) is 66.7 Å². The van der Waals surface area contributed by atoms with Crippen LogP contribution >= 0.6 is 22.6 Å². The number of nitrogens with zero attached hydrogens (tertiary/aromatic N) is 8. The number of benzene rings is 8. The number of aryl methyl sites for hydroxylation is 8. The Morgan fingerprint density at radius 1 is 0.279 bits per heavy atom. The second-order valence-corrected chi connectivity index (χ2v) is 48.9. The van der Waals surface area contributed by atoms with E-state index in [0.29, 0.717) is 87.8 Å². The van der Waals surface area contributed by atoms with Crippen LogP contribution in [0.2, 0.25) is 0 Å². The third-order valence-corrected chi connectivity index (χ3v) is 37.6. The molecule has 12 aromatic rings. The zero-order valence-electron chi connectivity index (χ0n) is 82.9. The minimum Gasteiger partial charge on any atom is -0.309 e. The maximum atomic E-state index is 14.3. The van der Waals surface area contributed by atoms with Crippen molar-refractivity contribution in [2.45, 2.75) is 250 Å². The molecule has 0 radical (unpaired) electrons. The van der Waals surface area contributed by atoms with E-state index in [0.717, 1.165) is 222 Å². The van der Waals surface area contributed by atoms with Gasteiger partial charge < -0.3 is 21.3 Å². The summed E-state index contributed by atoms with van der Waals surface area (Å²) in [5, 5.41) is 12.0. The van der Waals surface area contributed by atoms with Gasteiger partial charge in [0.2, 0.25) is 23.5 Å². The van der Waals surface area contributed by atoms with Gasteiger partial charge in [-0.1, -0.05) is 133 Å². The van der Waals surface area contributed by atoms with Crippen LogP contribution in [0.25, 0.3) is 45.0 Å². The zero-order valence-corrected chi connectivity index (χ0v) is 85.1. The number of carbonyl (C=O) groups is 4. The number of anilines is 4. The second-order valence-electron chi connectivity index (χ2n) is 47.7. The van der Waals surface area contributed by atoms with Crippen molar-refractivity contribution < 1.29 is 49.9 Å². The van der Waals surface area contributed by atoms with E-state index in [1.54, 1.807) is 0 Å². The minimum absolute atomic E-state index is 0.00608. The van der Waals surface area contributed by atoms with Crippen LogP contribution in [0.4, 0.5) is 54.0 Å². The first-order chi connectivity index (χ1) is 71.3. The smallest absolute Gasteiger partial charge is 0.256 e. The predicted octanol–water partition coefficient (Wildman–Crippen LogP) is 26.4. The molecule has 147 heavy (non-hydrogen) atoms. The molecule has 4 aromatic heterocycles. The topological polar surface area (TPSA) is 220 Å².